The molecule has 1 saturated heterocycles. The highest BCUT2D eigenvalue weighted by Crippen LogP contribution is 2.38. The molecule has 0 bridgehead atoms. The predicted octanol–water partition coefficient (Wildman–Crippen LogP) is 4.73. The average molecular weight is 525 g/mol. The van der Waals surface area contributed by atoms with Gasteiger partial charge in [0.15, 0.2) is 0 Å². The molecule has 1 unspecified atom stereocenters. The third kappa shape index (κ3) is 6.13. The van der Waals surface area contributed by atoms with Crippen LogP contribution in [0.4, 0.5) is 11.6 Å². The topological polar surface area (TPSA) is 113 Å². The molecular formula is C27H36N6O3S. The largest absolute Gasteiger partial charge is 0.419 e. The maximum Gasteiger partial charge on any atom is 0.248 e. The Labute approximate surface area is 219 Å². The van der Waals surface area contributed by atoms with E-state index in [2.05, 4.69) is 57.0 Å². The molecule has 1 aliphatic carbocycles. The van der Waals surface area contributed by atoms with Gasteiger partial charge >= 0.3 is 0 Å². The Morgan fingerprint density at radius 2 is 1.95 bits per heavy atom. The van der Waals surface area contributed by atoms with E-state index in [1.807, 2.05) is 12.1 Å². The first kappa shape index (κ1) is 25.7. The molecule has 0 amide bonds. The van der Waals surface area contributed by atoms with E-state index in [1.165, 1.54) is 36.0 Å². The monoisotopic (exact) mass is 524 g/mol. The summed E-state index contributed by atoms with van der Waals surface area (Å²) in [5.74, 6) is 2.79. The second kappa shape index (κ2) is 10.8. The number of benzene rings is 1. The van der Waals surface area contributed by atoms with Gasteiger partial charge in [0.05, 0.1) is 12.3 Å². The summed E-state index contributed by atoms with van der Waals surface area (Å²) in [6, 6.07) is 14.2. The SMILES string of the molecule is CCC(CC1CC1)Nc1cc(-c2nnc([C@H]3NCCC[C@H]3c3ccccc3)o2)cc(N(C)S(C)(=O)=O)n1. The molecule has 2 aromatic heterocycles. The van der Waals surface area contributed by atoms with Crippen LogP contribution >= 0.6 is 0 Å². The number of nitrogens with one attached hydrogen (secondary N) is 2. The fourth-order valence-electron chi connectivity index (χ4n) is 5.02. The minimum absolute atomic E-state index is 0.0852. The molecule has 1 saturated carbocycles. The van der Waals surface area contributed by atoms with Gasteiger partial charge in [0, 0.05) is 24.6 Å². The minimum Gasteiger partial charge on any atom is -0.419 e. The Kier molecular flexibility index (Phi) is 7.48. The standard InChI is InChI=1S/C27H36N6O3S/c1-4-21(15-18-12-13-18)29-23-16-20(17-24(30-23)33(2)37(3,34)35)26-31-32-27(36-26)25-22(11-8-14-28-25)19-9-6-5-7-10-19/h5-7,9-10,16-18,21-22,25,28H,4,8,11-15H2,1-3H3,(H,29,30)/t21?,22-,25-/m0/s1. The number of anilines is 2. The summed E-state index contributed by atoms with van der Waals surface area (Å²) in [6.45, 7) is 3.04. The molecule has 0 spiro atoms. The molecule has 1 aliphatic heterocycles. The minimum atomic E-state index is -3.50. The lowest BCUT2D eigenvalue weighted by atomic mass is 9.85. The van der Waals surface area contributed by atoms with Crippen LogP contribution in [0.15, 0.2) is 46.9 Å². The highest BCUT2D eigenvalue weighted by molar-refractivity contribution is 7.92. The van der Waals surface area contributed by atoms with E-state index < -0.39 is 10.0 Å². The van der Waals surface area contributed by atoms with Crippen LogP contribution in [0.5, 0.6) is 0 Å². The molecule has 1 aromatic carbocycles. The fraction of sp³-hybridized carbons (Fsp3) is 0.519. The van der Waals surface area contributed by atoms with E-state index in [0.29, 0.717) is 29.0 Å². The number of aromatic nitrogens is 3. The lowest BCUT2D eigenvalue weighted by Gasteiger charge is -2.30. The van der Waals surface area contributed by atoms with Crippen molar-refractivity contribution in [1.29, 1.82) is 0 Å². The summed E-state index contributed by atoms with van der Waals surface area (Å²) < 4.78 is 32.0. The smallest absolute Gasteiger partial charge is 0.248 e. The van der Waals surface area contributed by atoms with Crippen LogP contribution < -0.4 is 14.9 Å². The zero-order valence-corrected chi connectivity index (χ0v) is 22.5. The molecule has 3 aromatic rings. The number of pyridine rings is 1. The molecule has 10 heteroatoms. The van der Waals surface area contributed by atoms with Crippen molar-refractivity contribution in [1.82, 2.24) is 20.5 Å². The van der Waals surface area contributed by atoms with Gasteiger partial charge in [-0.25, -0.2) is 13.4 Å². The number of nitrogens with zero attached hydrogens (tertiary/aromatic N) is 4. The number of piperidine rings is 1. The molecule has 2 fully saturated rings. The normalized spacial score (nSPS) is 20.9. The summed E-state index contributed by atoms with van der Waals surface area (Å²) >= 11 is 0. The number of hydrogen-bond acceptors (Lipinski definition) is 8. The third-order valence-corrected chi connectivity index (χ3v) is 8.61. The highest BCUT2D eigenvalue weighted by atomic mass is 32.2. The van der Waals surface area contributed by atoms with Gasteiger partial charge in [-0.05, 0) is 55.8 Å². The first-order valence-corrected chi connectivity index (χ1v) is 15.0. The lowest BCUT2D eigenvalue weighted by molar-refractivity contribution is 0.303. The van der Waals surface area contributed by atoms with Gasteiger partial charge in [-0.15, -0.1) is 10.2 Å². The first-order valence-electron chi connectivity index (χ1n) is 13.2. The van der Waals surface area contributed by atoms with Gasteiger partial charge in [0.2, 0.25) is 21.8 Å². The van der Waals surface area contributed by atoms with Gasteiger partial charge < -0.3 is 15.1 Å². The van der Waals surface area contributed by atoms with E-state index in [4.69, 9.17) is 4.42 Å². The van der Waals surface area contributed by atoms with Gasteiger partial charge in [-0.1, -0.05) is 50.1 Å². The Morgan fingerprint density at radius 3 is 2.65 bits per heavy atom. The van der Waals surface area contributed by atoms with Crippen LogP contribution in [0.2, 0.25) is 0 Å². The summed E-state index contributed by atoms with van der Waals surface area (Å²) in [5, 5.41) is 15.9. The van der Waals surface area contributed by atoms with E-state index in [-0.39, 0.29) is 18.0 Å². The summed E-state index contributed by atoms with van der Waals surface area (Å²) in [7, 11) is -2.00. The Balaban J connectivity index is 1.46. The zero-order chi connectivity index (χ0) is 26.0. The summed E-state index contributed by atoms with van der Waals surface area (Å²) in [5.41, 5.74) is 1.88. The molecule has 5 rings (SSSR count). The number of sulfonamides is 1. The first-order chi connectivity index (χ1) is 17.8. The van der Waals surface area contributed by atoms with Crippen molar-refractivity contribution in [2.45, 2.75) is 63.5 Å². The Morgan fingerprint density at radius 1 is 1.16 bits per heavy atom. The Bertz CT molecular complexity index is 1310. The predicted molar refractivity (Wildman–Crippen MR) is 145 cm³/mol. The van der Waals surface area contributed by atoms with Crippen LogP contribution in [-0.2, 0) is 10.0 Å². The van der Waals surface area contributed by atoms with Gasteiger partial charge in [-0.2, -0.15) is 0 Å². The number of rotatable bonds is 10. The summed E-state index contributed by atoms with van der Waals surface area (Å²) in [4.78, 5) is 4.62. The molecule has 37 heavy (non-hydrogen) atoms. The van der Waals surface area contributed by atoms with Crippen molar-refractivity contribution in [3.63, 3.8) is 0 Å². The summed E-state index contributed by atoms with van der Waals surface area (Å²) in [6.07, 6.45) is 7.87. The molecule has 0 radical (unpaired) electrons. The van der Waals surface area contributed by atoms with Crippen LogP contribution in [0.3, 0.4) is 0 Å². The van der Waals surface area contributed by atoms with Crippen LogP contribution in [0.25, 0.3) is 11.5 Å². The van der Waals surface area contributed by atoms with E-state index in [0.717, 1.165) is 38.1 Å². The maximum absolute atomic E-state index is 12.3. The highest BCUT2D eigenvalue weighted by Gasteiger charge is 2.32. The zero-order valence-electron chi connectivity index (χ0n) is 21.7. The van der Waals surface area contributed by atoms with Crippen LogP contribution in [-0.4, -0.2) is 49.5 Å². The molecular weight excluding hydrogens is 488 g/mol. The van der Waals surface area contributed by atoms with Crippen molar-refractivity contribution in [3.8, 4) is 11.5 Å². The second-order valence-electron chi connectivity index (χ2n) is 10.3. The maximum atomic E-state index is 12.3. The molecule has 3 atom stereocenters. The average Bonchev–Trinajstić information content (AvgIpc) is 3.59. The van der Waals surface area contributed by atoms with Gasteiger partial charge in [-0.3, -0.25) is 4.31 Å². The molecule has 198 valence electrons. The molecule has 2 N–H and O–H groups in total. The fourth-order valence-corrected chi connectivity index (χ4v) is 5.45. The van der Waals surface area contributed by atoms with E-state index in [1.54, 1.807) is 6.07 Å². The van der Waals surface area contributed by atoms with Crippen LogP contribution in [0.1, 0.15) is 68.9 Å². The molecule has 2 aliphatic rings. The van der Waals surface area contributed by atoms with Crippen molar-refractivity contribution < 1.29 is 12.8 Å². The second-order valence-corrected chi connectivity index (χ2v) is 12.3. The van der Waals surface area contributed by atoms with E-state index in [9.17, 15) is 8.42 Å². The lowest BCUT2D eigenvalue weighted by Crippen LogP contribution is -2.33. The van der Waals surface area contributed by atoms with Crippen LogP contribution in [0, 0.1) is 5.92 Å². The van der Waals surface area contributed by atoms with Crippen molar-refractivity contribution in [2.24, 2.45) is 5.92 Å². The van der Waals surface area contributed by atoms with Gasteiger partial charge in [0.25, 0.3) is 0 Å². The Hall–Kier alpha value is -2.98. The van der Waals surface area contributed by atoms with E-state index >= 15 is 0 Å². The molecule has 3 heterocycles. The van der Waals surface area contributed by atoms with Gasteiger partial charge in [0.1, 0.15) is 11.6 Å². The quantitative estimate of drug-likeness (QED) is 0.391. The van der Waals surface area contributed by atoms with Crippen molar-refractivity contribution >= 4 is 21.7 Å². The molecule has 9 nitrogen and oxygen atoms in total. The van der Waals surface area contributed by atoms with Crippen molar-refractivity contribution in [2.75, 3.05) is 29.5 Å². The van der Waals surface area contributed by atoms with Crippen molar-refractivity contribution in [3.05, 3.63) is 53.9 Å². The third-order valence-electron chi connectivity index (χ3n) is 7.43. The number of hydrogen-bond donors (Lipinski definition) is 2.